The third kappa shape index (κ3) is 3.79. The Morgan fingerprint density at radius 2 is 1.96 bits per heavy atom. The molecule has 0 amide bonds. The molecule has 0 unspecified atom stereocenters. The SMILES string of the molecule is CCc1cc2c(Nc3ccc(OCC(C)C)cc3)ncnc2s1. The van der Waals surface area contributed by atoms with Crippen molar-refractivity contribution in [3.05, 3.63) is 41.5 Å². The summed E-state index contributed by atoms with van der Waals surface area (Å²) < 4.78 is 5.71. The van der Waals surface area contributed by atoms with Gasteiger partial charge in [0.1, 0.15) is 22.7 Å². The number of aryl methyl sites for hydroxylation is 1. The number of anilines is 2. The molecule has 3 aromatic rings. The van der Waals surface area contributed by atoms with Gasteiger partial charge in [0.05, 0.1) is 12.0 Å². The second kappa shape index (κ2) is 6.96. The van der Waals surface area contributed by atoms with Crippen molar-refractivity contribution in [3.8, 4) is 5.75 Å². The number of nitrogens with zero attached hydrogens (tertiary/aromatic N) is 2. The molecule has 0 saturated heterocycles. The molecule has 2 heterocycles. The monoisotopic (exact) mass is 327 g/mol. The Balaban J connectivity index is 1.78. The lowest BCUT2D eigenvalue weighted by atomic mass is 10.2. The van der Waals surface area contributed by atoms with Crippen LogP contribution in [0.1, 0.15) is 25.6 Å². The number of rotatable bonds is 6. The Morgan fingerprint density at radius 3 is 2.65 bits per heavy atom. The van der Waals surface area contributed by atoms with E-state index in [9.17, 15) is 0 Å². The van der Waals surface area contributed by atoms with Crippen molar-refractivity contribution in [2.75, 3.05) is 11.9 Å². The Kier molecular flexibility index (Phi) is 4.76. The first-order valence-corrected chi connectivity index (χ1v) is 8.70. The molecule has 4 nitrogen and oxygen atoms in total. The molecule has 23 heavy (non-hydrogen) atoms. The fourth-order valence-corrected chi connectivity index (χ4v) is 3.15. The average molecular weight is 327 g/mol. The first-order valence-electron chi connectivity index (χ1n) is 7.89. The van der Waals surface area contributed by atoms with Gasteiger partial charge < -0.3 is 10.1 Å². The van der Waals surface area contributed by atoms with Crippen LogP contribution in [0.3, 0.4) is 0 Å². The summed E-state index contributed by atoms with van der Waals surface area (Å²) in [6, 6.07) is 10.2. The van der Waals surface area contributed by atoms with Crippen molar-refractivity contribution >= 4 is 33.1 Å². The number of thiophene rings is 1. The van der Waals surface area contributed by atoms with E-state index in [4.69, 9.17) is 4.74 Å². The van der Waals surface area contributed by atoms with Gasteiger partial charge >= 0.3 is 0 Å². The minimum absolute atomic E-state index is 0.522. The van der Waals surface area contributed by atoms with Gasteiger partial charge in [0.2, 0.25) is 0 Å². The second-order valence-corrected chi connectivity index (χ2v) is 6.98. The van der Waals surface area contributed by atoms with E-state index in [1.165, 1.54) is 4.88 Å². The van der Waals surface area contributed by atoms with Crippen LogP contribution in [0.25, 0.3) is 10.2 Å². The highest BCUT2D eigenvalue weighted by Crippen LogP contribution is 2.30. The zero-order valence-corrected chi connectivity index (χ0v) is 14.5. The van der Waals surface area contributed by atoms with Crippen molar-refractivity contribution in [1.82, 2.24) is 9.97 Å². The van der Waals surface area contributed by atoms with Crippen molar-refractivity contribution in [2.45, 2.75) is 27.2 Å². The Labute approximate surface area is 140 Å². The molecule has 2 aromatic heterocycles. The quantitative estimate of drug-likeness (QED) is 0.689. The third-order valence-electron chi connectivity index (χ3n) is 3.43. The van der Waals surface area contributed by atoms with Crippen molar-refractivity contribution < 1.29 is 4.74 Å². The highest BCUT2D eigenvalue weighted by molar-refractivity contribution is 7.18. The van der Waals surface area contributed by atoms with Gasteiger partial charge in [0, 0.05) is 10.6 Å². The van der Waals surface area contributed by atoms with Crippen LogP contribution in [-0.4, -0.2) is 16.6 Å². The van der Waals surface area contributed by atoms with Gasteiger partial charge in [-0.2, -0.15) is 0 Å². The summed E-state index contributed by atoms with van der Waals surface area (Å²) in [5.41, 5.74) is 0.992. The summed E-state index contributed by atoms with van der Waals surface area (Å²) in [5.74, 6) is 2.26. The topological polar surface area (TPSA) is 47.0 Å². The predicted molar refractivity (Wildman–Crippen MR) is 96.9 cm³/mol. The minimum Gasteiger partial charge on any atom is -0.493 e. The van der Waals surface area contributed by atoms with Crippen LogP contribution in [0.5, 0.6) is 5.75 Å². The molecule has 5 heteroatoms. The fraction of sp³-hybridized carbons (Fsp3) is 0.333. The van der Waals surface area contributed by atoms with E-state index in [0.717, 1.165) is 40.5 Å². The average Bonchev–Trinajstić information content (AvgIpc) is 2.98. The number of hydrogen-bond donors (Lipinski definition) is 1. The van der Waals surface area contributed by atoms with E-state index < -0.39 is 0 Å². The zero-order chi connectivity index (χ0) is 16.2. The molecule has 0 aliphatic rings. The van der Waals surface area contributed by atoms with Crippen molar-refractivity contribution in [3.63, 3.8) is 0 Å². The summed E-state index contributed by atoms with van der Waals surface area (Å²) in [4.78, 5) is 11.1. The molecule has 0 bridgehead atoms. The van der Waals surface area contributed by atoms with Crippen LogP contribution in [0.15, 0.2) is 36.7 Å². The van der Waals surface area contributed by atoms with Crippen LogP contribution in [0.2, 0.25) is 0 Å². The first kappa shape index (κ1) is 15.7. The van der Waals surface area contributed by atoms with Crippen molar-refractivity contribution in [2.24, 2.45) is 5.92 Å². The zero-order valence-electron chi connectivity index (χ0n) is 13.7. The van der Waals surface area contributed by atoms with Gasteiger partial charge in [-0.3, -0.25) is 0 Å². The largest absolute Gasteiger partial charge is 0.493 e. The fourth-order valence-electron chi connectivity index (χ4n) is 2.21. The van der Waals surface area contributed by atoms with E-state index in [0.29, 0.717) is 5.92 Å². The summed E-state index contributed by atoms with van der Waals surface area (Å²) in [6.07, 6.45) is 2.63. The van der Waals surface area contributed by atoms with Gasteiger partial charge in [0.25, 0.3) is 0 Å². The lowest BCUT2D eigenvalue weighted by molar-refractivity contribution is 0.271. The molecular formula is C18H21N3OS. The number of nitrogens with one attached hydrogen (secondary N) is 1. The standard InChI is InChI=1S/C18H21N3OS/c1-4-15-9-16-17(19-11-20-18(16)23-15)21-13-5-7-14(8-6-13)22-10-12(2)3/h5-9,11-12H,4,10H2,1-3H3,(H,19,20,21). The predicted octanol–water partition coefficient (Wildman–Crippen LogP) is 5.03. The molecule has 120 valence electrons. The lowest BCUT2D eigenvalue weighted by Gasteiger charge is -2.10. The van der Waals surface area contributed by atoms with E-state index in [1.54, 1.807) is 17.7 Å². The molecule has 1 aromatic carbocycles. The van der Waals surface area contributed by atoms with Crippen LogP contribution in [0, 0.1) is 5.92 Å². The van der Waals surface area contributed by atoms with E-state index in [1.807, 2.05) is 24.3 Å². The summed E-state index contributed by atoms with van der Waals surface area (Å²) in [5, 5.41) is 4.45. The summed E-state index contributed by atoms with van der Waals surface area (Å²) in [7, 11) is 0. The maximum Gasteiger partial charge on any atom is 0.142 e. The lowest BCUT2D eigenvalue weighted by Crippen LogP contribution is -2.04. The van der Waals surface area contributed by atoms with E-state index in [-0.39, 0.29) is 0 Å². The van der Waals surface area contributed by atoms with Gasteiger partial charge in [-0.15, -0.1) is 11.3 Å². The molecule has 0 fully saturated rings. The summed E-state index contributed by atoms with van der Waals surface area (Å²) in [6.45, 7) is 7.17. The minimum atomic E-state index is 0.522. The maximum absolute atomic E-state index is 5.71. The molecule has 0 radical (unpaired) electrons. The van der Waals surface area contributed by atoms with Gasteiger partial charge in [-0.05, 0) is 42.7 Å². The molecule has 0 spiro atoms. The van der Waals surface area contributed by atoms with Crippen LogP contribution in [-0.2, 0) is 6.42 Å². The van der Waals surface area contributed by atoms with E-state index >= 15 is 0 Å². The highest BCUT2D eigenvalue weighted by Gasteiger charge is 2.08. The van der Waals surface area contributed by atoms with Crippen molar-refractivity contribution in [1.29, 1.82) is 0 Å². The molecule has 0 atom stereocenters. The van der Waals surface area contributed by atoms with Gasteiger partial charge in [-0.25, -0.2) is 9.97 Å². The van der Waals surface area contributed by atoms with Crippen LogP contribution < -0.4 is 10.1 Å². The number of ether oxygens (including phenoxy) is 1. The molecular weight excluding hydrogens is 306 g/mol. The molecule has 0 aliphatic heterocycles. The number of hydrogen-bond acceptors (Lipinski definition) is 5. The summed E-state index contributed by atoms with van der Waals surface area (Å²) >= 11 is 1.72. The number of aromatic nitrogens is 2. The number of fused-ring (bicyclic) bond motifs is 1. The maximum atomic E-state index is 5.71. The second-order valence-electron chi connectivity index (χ2n) is 5.86. The van der Waals surface area contributed by atoms with Gasteiger partial charge in [-0.1, -0.05) is 20.8 Å². The number of benzene rings is 1. The molecule has 0 saturated carbocycles. The first-order chi connectivity index (χ1) is 11.2. The normalized spacial score (nSPS) is 11.1. The molecule has 0 aliphatic carbocycles. The third-order valence-corrected chi connectivity index (χ3v) is 4.62. The van der Waals surface area contributed by atoms with Crippen LogP contribution >= 0.6 is 11.3 Å². The Hall–Kier alpha value is -2.14. The van der Waals surface area contributed by atoms with E-state index in [2.05, 4.69) is 42.1 Å². The molecule has 3 rings (SSSR count). The van der Waals surface area contributed by atoms with Gasteiger partial charge in [0.15, 0.2) is 0 Å². The highest BCUT2D eigenvalue weighted by atomic mass is 32.1. The molecule has 1 N–H and O–H groups in total. The van der Waals surface area contributed by atoms with Crippen LogP contribution in [0.4, 0.5) is 11.5 Å². The Morgan fingerprint density at radius 1 is 1.17 bits per heavy atom. The smallest absolute Gasteiger partial charge is 0.142 e. The Bertz CT molecular complexity index is 781.